The predicted molar refractivity (Wildman–Crippen MR) is 96.4 cm³/mol. The van der Waals surface area contributed by atoms with E-state index in [1.807, 2.05) is 0 Å². The van der Waals surface area contributed by atoms with Gasteiger partial charge in [-0.05, 0) is 23.8 Å². The van der Waals surface area contributed by atoms with E-state index in [2.05, 4.69) is 15.5 Å². The van der Waals surface area contributed by atoms with Crippen LogP contribution in [0, 0.1) is 0 Å². The molecule has 2 aromatic heterocycles. The zero-order valence-electron chi connectivity index (χ0n) is 14.8. The molecule has 0 unspecified atom stereocenters. The number of alkyl halides is 3. The van der Waals surface area contributed by atoms with E-state index in [4.69, 9.17) is 16.3 Å². The highest BCUT2D eigenvalue weighted by Crippen LogP contribution is 2.33. The van der Waals surface area contributed by atoms with Crippen LogP contribution in [0.15, 0.2) is 36.5 Å². The summed E-state index contributed by atoms with van der Waals surface area (Å²) in [4.78, 5) is 12.0. The van der Waals surface area contributed by atoms with Gasteiger partial charge in [-0.3, -0.25) is 9.20 Å². The lowest BCUT2D eigenvalue weighted by molar-refractivity contribution is -0.136. The Kier molecular flexibility index (Phi) is 5.73. The Labute approximate surface area is 163 Å². The van der Waals surface area contributed by atoms with Crippen LogP contribution >= 0.6 is 11.6 Å². The number of carbonyl (C=O) groups is 1. The molecule has 3 aromatic rings. The minimum absolute atomic E-state index is 0.0792. The molecular weight excluding hydrogens is 397 g/mol. The number of benzene rings is 1. The molecular formula is C18H16ClF3N4O2. The number of amides is 1. The van der Waals surface area contributed by atoms with E-state index in [0.717, 1.165) is 11.6 Å². The highest BCUT2D eigenvalue weighted by molar-refractivity contribution is 6.30. The van der Waals surface area contributed by atoms with Gasteiger partial charge in [-0.1, -0.05) is 23.7 Å². The summed E-state index contributed by atoms with van der Waals surface area (Å²) >= 11 is 5.80. The van der Waals surface area contributed by atoms with Crippen molar-refractivity contribution in [2.45, 2.75) is 19.0 Å². The lowest BCUT2D eigenvalue weighted by Gasteiger charge is -2.09. The van der Waals surface area contributed by atoms with Gasteiger partial charge in [0.2, 0.25) is 5.91 Å². The Bertz CT molecular complexity index is 987. The van der Waals surface area contributed by atoms with Gasteiger partial charge in [0.15, 0.2) is 5.65 Å². The third-order valence-electron chi connectivity index (χ3n) is 4.04. The molecule has 0 fully saturated rings. The molecule has 3 rings (SSSR count). The van der Waals surface area contributed by atoms with Crippen molar-refractivity contribution in [3.05, 3.63) is 58.5 Å². The first kappa shape index (κ1) is 19.9. The second-order valence-corrected chi connectivity index (χ2v) is 6.44. The van der Waals surface area contributed by atoms with E-state index in [-0.39, 0.29) is 41.8 Å². The van der Waals surface area contributed by atoms with Crippen LogP contribution in [-0.2, 0) is 23.8 Å². The summed E-state index contributed by atoms with van der Waals surface area (Å²) in [5, 5.41) is 10.1. The average molecular weight is 413 g/mol. The van der Waals surface area contributed by atoms with Crippen molar-refractivity contribution >= 4 is 23.2 Å². The number of aromatic nitrogens is 3. The summed E-state index contributed by atoms with van der Waals surface area (Å²) in [6.45, 7) is 0.198. The summed E-state index contributed by atoms with van der Waals surface area (Å²) in [6, 6.07) is 7.89. The van der Waals surface area contributed by atoms with E-state index in [1.165, 1.54) is 10.6 Å². The van der Waals surface area contributed by atoms with Crippen LogP contribution in [0.4, 0.5) is 13.2 Å². The molecule has 1 amide bonds. The SMILES string of the molecule is COc1ccc(CC(=O)NCCc2nnc3c(C(F)(F)F)cc(Cl)cn23)cc1. The van der Waals surface area contributed by atoms with Gasteiger partial charge in [0, 0.05) is 19.2 Å². The molecule has 10 heteroatoms. The summed E-state index contributed by atoms with van der Waals surface area (Å²) in [6.07, 6.45) is -2.90. The Morgan fingerprint density at radius 2 is 1.96 bits per heavy atom. The van der Waals surface area contributed by atoms with Gasteiger partial charge in [-0.25, -0.2) is 0 Å². The van der Waals surface area contributed by atoms with Crippen molar-refractivity contribution in [2.75, 3.05) is 13.7 Å². The van der Waals surface area contributed by atoms with E-state index < -0.39 is 11.7 Å². The quantitative estimate of drug-likeness (QED) is 0.674. The number of hydrogen-bond donors (Lipinski definition) is 1. The summed E-state index contributed by atoms with van der Waals surface area (Å²) < 4.78 is 45.6. The Morgan fingerprint density at radius 3 is 2.61 bits per heavy atom. The smallest absolute Gasteiger partial charge is 0.420 e. The highest BCUT2D eigenvalue weighted by Gasteiger charge is 2.35. The van der Waals surface area contributed by atoms with E-state index in [0.29, 0.717) is 5.75 Å². The van der Waals surface area contributed by atoms with Crippen molar-refractivity contribution in [1.29, 1.82) is 0 Å². The fraction of sp³-hybridized carbons (Fsp3) is 0.278. The van der Waals surface area contributed by atoms with E-state index >= 15 is 0 Å². The van der Waals surface area contributed by atoms with Crippen LogP contribution in [0.1, 0.15) is 17.0 Å². The maximum Gasteiger partial charge on any atom is 0.420 e. The molecule has 28 heavy (non-hydrogen) atoms. The number of halogens is 4. The van der Waals surface area contributed by atoms with Crippen molar-refractivity contribution in [3.8, 4) is 5.75 Å². The molecule has 0 bridgehead atoms. The molecule has 0 atom stereocenters. The molecule has 2 heterocycles. The van der Waals surface area contributed by atoms with Crippen molar-refractivity contribution in [1.82, 2.24) is 19.9 Å². The van der Waals surface area contributed by atoms with Gasteiger partial charge >= 0.3 is 6.18 Å². The Balaban J connectivity index is 1.64. The zero-order valence-corrected chi connectivity index (χ0v) is 15.5. The largest absolute Gasteiger partial charge is 0.497 e. The van der Waals surface area contributed by atoms with Crippen molar-refractivity contribution in [3.63, 3.8) is 0 Å². The molecule has 0 aliphatic carbocycles. The molecule has 1 aromatic carbocycles. The molecule has 0 aliphatic rings. The van der Waals surface area contributed by atoms with Crippen LogP contribution < -0.4 is 10.1 Å². The number of ether oxygens (including phenoxy) is 1. The van der Waals surface area contributed by atoms with Crippen molar-refractivity contribution < 1.29 is 22.7 Å². The summed E-state index contributed by atoms with van der Waals surface area (Å²) in [5.41, 5.74) is -0.466. The molecule has 148 valence electrons. The van der Waals surface area contributed by atoms with Gasteiger partial charge in [0.25, 0.3) is 0 Å². The molecule has 0 spiro atoms. The van der Waals surface area contributed by atoms with Crippen LogP contribution in [-0.4, -0.2) is 34.2 Å². The zero-order chi connectivity index (χ0) is 20.3. The fourth-order valence-electron chi connectivity index (χ4n) is 2.69. The Hall–Kier alpha value is -2.81. The first-order valence-corrected chi connectivity index (χ1v) is 8.65. The minimum atomic E-state index is -4.59. The molecule has 1 N–H and O–H groups in total. The number of nitrogens with one attached hydrogen (secondary N) is 1. The van der Waals surface area contributed by atoms with Crippen LogP contribution in [0.2, 0.25) is 5.02 Å². The molecule has 0 saturated carbocycles. The second kappa shape index (κ2) is 8.05. The molecule has 6 nitrogen and oxygen atoms in total. The van der Waals surface area contributed by atoms with Crippen LogP contribution in [0.25, 0.3) is 5.65 Å². The van der Waals surface area contributed by atoms with E-state index in [1.54, 1.807) is 31.4 Å². The minimum Gasteiger partial charge on any atom is -0.497 e. The predicted octanol–water partition coefficient (Wildman–Crippen LogP) is 3.31. The highest BCUT2D eigenvalue weighted by atomic mass is 35.5. The van der Waals surface area contributed by atoms with Gasteiger partial charge in [0.1, 0.15) is 17.1 Å². The third-order valence-corrected chi connectivity index (χ3v) is 4.25. The molecule has 0 radical (unpaired) electrons. The third kappa shape index (κ3) is 4.53. The molecule has 0 aliphatic heterocycles. The first-order valence-electron chi connectivity index (χ1n) is 8.28. The summed E-state index contributed by atoms with van der Waals surface area (Å²) in [7, 11) is 1.56. The van der Waals surface area contributed by atoms with Crippen molar-refractivity contribution in [2.24, 2.45) is 0 Å². The van der Waals surface area contributed by atoms with Gasteiger partial charge < -0.3 is 10.1 Å². The number of carbonyl (C=O) groups excluding carboxylic acids is 1. The molecule has 0 saturated heterocycles. The number of hydrogen-bond acceptors (Lipinski definition) is 4. The number of rotatable bonds is 6. The normalized spacial score (nSPS) is 11.6. The maximum atomic E-state index is 13.1. The maximum absolute atomic E-state index is 13.1. The number of methoxy groups -OCH3 is 1. The van der Waals surface area contributed by atoms with Gasteiger partial charge in [-0.2, -0.15) is 13.2 Å². The topological polar surface area (TPSA) is 68.5 Å². The standard InChI is InChI=1S/C18H16ClF3N4O2/c1-28-13-4-2-11(3-5-13)8-16(27)23-7-6-15-24-25-17-14(18(20,21)22)9-12(19)10-26(15)17/h2-5,9-10H,6-8H2,1H3,(H,23,27). The summed E-state index contributed by atoms with van der Waals surface area (Å²) in [5.74, 6) is 0.750. The average Bonchev–Trinajstić information content (AvgIpc) is 3.03. The van der Waals surface area contributed by atoms with Crippen LogP contribution in [0.3, 0.4) is 0 Å². The van der Waals surface area contributed by atoms with E-state index in [9.17, 15) is 18.0 Å². The lowest BCUT2D eigenvalue weighted by Crippen LogP contribution is -2.27. The van der Waals surface area contributed by atoms with Crippen LogP contribution in [0.5, 0.6) is 5.75 Å². The number of fused-ring (bicyclic) bond motifs is 1. The lowest BCUT2D eigenvalue weighted by atomic mass is 10.1. The number of nitrogens with zero attached hydrogens (tertiary/aromatic N) is 3. The second-order valence-electron chi connectivity index (χ2n) is 6.00. The monoisotopic (exact) mass is 412 g/mol. The Morgan fingerprint density at radius 1 is 1.25 bits per heavy atom. The number of pyridine rings is 1. The first-order chi connectivity index (χ1) is 13.3. The van der Waals surface area contributed by atoms with Gasteiger partial charge in [-0.15, -0.1) is 10.2 Å². The van der Waals surface area contributed by atoms with Gasteiger partial charge in [0.05, 0.1) is 18.6 Å². The fourth-order valence-corrected chi connectivity index (χ4v) is 2.90.